The number of hydrogen-bond acceptors (Lipinski definition) is 5. The molecular weight excluding hydrogens is 298 g/mol. The average Bonchev–Trinajstić information content (AvgIpc) is 3.09. The van der Waals surface area contributed by atoms with Gasteiger partial charge in [-0.05, 0) is 47.4 Å². The number of rotatable bonds is 3. The van der Waals surface area contributed by atoms with E-state index in [-0.39, 0.29) is 5.91 Å². The van der Waals surface area contributed by atoms with Crippen molar-refractivity contribution in [2.24, 2.45) is 5.92 Å². The number of likely N-dealkylation sites (tertiary alicyclic amines) is 1. The van der Waals surface area contributed by atoms with Crippen LogP contribution in [0.1, 0.15) is 30.1 Å². The molecule has 23 heavy (non-hydrogen) atoms. The first-order valence-electron chi connectivity index (χ1n) is 7.43. The maximum absolute atomic E-state index is 12.7. The molecule has 8 nitrogen and oxygen atoms in total. The minimum Gasteiger partial charge on any atom is -0.480 e. The van der Waals surface area contributed by atoms with Gasteiger partial charge in [0.2, 0.25) is 0 Å². The molecule has 1 amide bonds. The van der Waals surface area contributed by atoms with Crippen LogP contribution in [0.4, 0.5) is 0 Å². The fourth-order valence-corrected chi connectivity index (χ4v) is 2.85. The summed E-state index contributed by atoms with van der Waals surface area (Å²) in [6, 6.07) is 6.07. The second-order valence-corrected chi connectivity index (χ2v) is 5.79. The van der Waals surface area contributed by atoms with Crippen LogP contribution in [0.2, 0.25) is 0 Å². The quantitative estimate of drug-likeness (QED) is 0.906. The third kappa shape index (κ3) is 3.05. The van der Waals surface area contributed by atoms with Crippen LogP contribution in [0.25, 0.3) is 5.69 Å². The molecule has 3 rings (SSSR count). The highest BCUT2D eigenvalue weighted by molar-refractivity contribution is 5.97. The van der Waals surface area contributed by atoms with Gasteiger partial charge in [-0.25, -0.2) is 9.48 Å². The molecule has 2 unspecified atom stereocenters. The number of hydrogen-bond donors (Lipinski definition) is 1. The van der Waals surface area contributed by atoms with E-state index < -0.39 is 12.0 Å². The van der Waals surface area contributed by atoms with Crippen molar-refractivity contribution in [1.29, 1.82) is 0 Å². The van der Waals surface area contributed by atoms with Crippen LogP contribution in [-0.2, 0) is 4.79 Å². The Hall–Kier alpha value is -2.77. The van der Waals surface area contributed by atoms with Crippen LogP contribution < -0.4 is 0 Å². The standard InChI is InChI=1S/C15H17N5O3/c1-10-5-6-19(13(7-10)15(22)23)14(21)11-3-2-4-12(8-11)20-9-16-17-18-20/h2-4,8-10,13H,5-7H2,1H3,(H,22,23). The zero-order valence-corrected chi connectivity index (χ0v) is 12.7. The van der Waals surface area contributed by atoms with Crippen LogP contribution in [-0.4, -0.2) is 54.7 Å². The van der Waals surface area contributed by atoms with Gasteiger partial charge in [0.15, 0.2) is 0 Å². The number of carboxylic acid groups (broad SMARTS) is 1. The second kappa shape index (κ2) is 6.15. The van der Waals surface area contributed by atoms with E-state index in [4.69, 9.17) is 0 Å². The van der Waals surface area contributed by atoms with Gasteiger partial charge in [0.05, 0.1) is 5.69 Å². The number of amides is 1. The Morgan fingerprint density at radius 2 is 2.17 bits per heavy atom. The highest BCUT2D eigenvalue weighted by Crippen LogP contribution is 2.25. The molecule has 8 heteroatoms. The Kier molecular flexibility index (Phi) is 4.05. The molecule has 2 aromatic rings. The summed E-state index contributed by atoms with van der Waals surface area (Å²) in [4.78, 5) is 25.7. The second-order valence-electron chi connectivity index (χ2n) is 5.79. The molecule has 120 valence electrons. The number of aromatic nitrogens is 4. The smallest absolute Gasteiger partial charge is 0.326 e. The lowest BCUT2D eigenvalue weighted by molar-refractivity contribution is -0.144. The highest BCUT2D eigenvalue weighted by atomic mass is 16.4. The number of carbonyl (C=O) groups excluding carboxylic acids is 1. The summed E-state index contributed by atoms with van der Waals surface area (Å²) in [6.07, 6.45) is 2.72. The first-order chi connectivity index (χ1) is 11.1. The van der Waals surface area contributed by atoms with Crippen molar-refractivity contribution >= 4 is 11.9 Å². The van der Waals surface area contributed by atoms with Crippen molar-refractivity contribution in [3.63, 3.8) is 0 Å². The summed E-state index contributed by atoms with van der Waals surface area (Å²) in [6.45, 7) is 2.46. The molecule has 1 aliphatic rings. The van der Waals surface area contributed by atoms with E-state index in [2.05, 4.69) is 15.5 Å². The van der Waals surface area contributed by atoms with Crippen molar-refractivity contribution in [2.45, 2.75) is 25.8 Å². The molecule has 1 aromatic carbocycles. The molecule has 0 aliphatic carbocycles. The zero-order valence-electron chi connectivity index (χ0n) is 12.7. The Labute approximate surface area is 132 Å². The van der Waals surface area contributed by atoms with Crippen molar-refractivity contribution in [2.75, 3.05) is 6.54 Å². The molecule has 1 saturated heterocycles. The lowest BCUT2D eigenvalue weighted by Crippen LogP contribution is -2.49. The summed E-state index contributed by atoms with van der Waals surface area (Å²) in [7, 11) is 0. The average molecular weight is 315 g/mol. The number of tetrazole rings is 1. The minimum atomic E-state index is -0.957. The molecule has 1 fully saturated rings. The van der Waals surface area contributed by atoms with Gasteiger partial charge in [0.25, 0.3) is 5.91 Å². The number of aliphatic carboxylic acids is 1. The number of carbonyl (C=O) groups is 2. The molecule has 2 heterocycles. The predicted molar refractivity (Wildman–Crippen MR) is 80.0 cm³/mol. The van der Waals surface area contributed by atoms with Crippen molar-refractivity contribution in [3.8, 4) is 5.69 Å². The fraction of sp³-hybridized carbons (Fsp3) is 0.400. The van der Waals surface area contributed by atoms with E-state index in [0.717, 1.165) is 6.42 Å². The highest BCUT2D eigenvalue weighted by Gasteiger charge is 2.35. The molecule has 1 N–H and O–H groups in total. The summed E-state index contributed by atoms with van der Waals surface area (Å²) < 4.78 is 1.45. The first kappa shape index (κ1) is 15.1. The van der Waals surface area contributed by atoms with Crippen LogP contribution in [0, 0.1) is 5.92 Å². The molecule has 0 spiro atoms. The van der Waals surface area contributed by atoms with Crippen molar-refractivity contribution in [3.05, 3.63) is 36.2 Å². The van der Waals surface area contributed by atoms with Crippen LogP contribution in [0.3, 0.4) is 0 Å². The van der Waals surface area contributed by atoms with E-state index >= 15 is 0 Å². The normalized spacial score (nSPS) is 21.2. The van der Waals surface area contributed by atoms with Crippen LogP contribution in [0.5, 0.6) is 0 Å². The largest absolute Gasteiger partial charge is 0.480 e. The number of benzene rings is 1. The summed E-state index contributed by atoms with van der Waals surface area (Å²) in [5.41, 5.74) is 1.08. The van der Waals surface area contributed by atoms with Gasteiger partial charge in [-0.1, -0.05) is 13.0 Å². The molecular formula is C15H17N5O3. The van der Waals surface area contributed by atoms with E-state index in [0.29, 0.717) is 30.1 Å². The Morgan fingerprint density at radius 3 is 2.87 bits per heavy atom. The van der Waals surface area contributed by atoms with Gasteiger partial charge in [-0.15, -0.1) is 5.10 Å². The summed E-state index contributed by atoms with van der Waals surface area (Å²) in [5, 5.41) is 20.3. The van der Waals surface area contributed by atoms with E-state index in [1.165, 1.54) is 15.9 Å². The molecule has 0 bridgehead atoms. The van der Waals surface area contributed by atoms with Crippen molar-refractivity contribution in [1.82, 2.24) is 25.1 Å². The summed E-state index contributed by atoms with van der Waals surface area (Å²) >= 11 is 0. The number of nitrogens with zero attached hydrogens (tertiary/aromatic N) is 5. The van der Waals surface area contributed by atoms with E-state index in [1.54, 1.807) is 24.3 Å². The zero-order chi connectivity index (χ0) is 16.4. The van der Waals surface area contributed by atoms with E-state index in [9.17, 15) is 14.7 Å². The fourth-order valence-electron chi connectivity index (χ4n) is 2.85. The van der Waals surface area contributed by atoms with Crippen LogP contribution >= 0.6 is 0 Å². The summed E-state index contributed by atoms with van der Waals surface area (Å²) in [5.74, 6) is -0.937. The van der Waals surface area contributed by atoms with Gasteiger partial charge in [0, 0.05) is 12.1 Å². The third-order valence-corrected chi connectivity index (χ3v) is 4.12. The number of piperidine rings is 1. The Bertz CT molecular complexity index is 716. The number of carboxylic acids is 1. The molecule has 0 radical (unpaired) electrons. The Morgan fingerprint density at radius 1 is 1.35 bits per heavy atom. The monoisotopic (exact) mass is 315 g/mol. The topological polar surface area (TPSA) is 101 Å². The Balaban J connectivity index is 1.87. The molecule has 0 saturated carbocycles. The third-order valence-electron chi connectivity index (χ3n) is 4.12. The molecule has 1 aliphatic heterocycles. The molecule has 1 aromatic heterocycles. The lowest BCUT2D eigenvalue weighted by atomic mass is 9.92. The van der Waals surface area contributed by atoms with Gasteiger partial charge in [0.1, 0.15) is 12.4 Å². The molecule has 2 atom stereocenters. The van der Waals surface area contributed by atoms with Gasteiger partial charge in [-0.2, -0.15) is 0 Å². The predicted octanol–water partition coefficient (Wildman–Crippen LogP) is 0.988. The van der Waals surface area contributed by atoms with E-state index in [1.807, 2.05) is 6.92 Å². The van der Waals surface area contributed by atoms with Gasteiger partial charge >= 0.3 is 5.97 Å². The lowest BCUT2D eigenvalue weighted by Gasteiger charge is -2.36. The SMILES string of the molecule is CC1CCN(C(=O)c2cccc(-n3cnnn3)c2)C(C(=O)O)C1. The van der Waals surface area contributed by atoms with Gasteiger partial charge in [-0.3, -0.25) is 4.79 Å². The van der Waals surface area contributed by atoms with Crippen molar-refractivity contribution < 1.29 is 14.7 Å². The first-order valence-corrected chi connectivity index (χ1v) is 7.43. The van der Waals surface area contributed by atoms with Gasteiger partial charge < -0.3 is 10.0 Å². The maximum Gasteiger partial charge on any atom is 0.326 e. The maximum atomic E-state index is 12.7. The minimum absolute atomic E-state index is 0.278. The van der Waals surface area contributed by atoms with Crippen LogP contribution in [0.15, 0.2) is 30.6 Å².